The summed E-state index contributed by atoms with van der Waals surface area (Å²) >= 11 is 1.42. The van der Waals surface area contributed by atoms with Gasteiger partial charge in [-0.2, -0.15) is 0 Å². The van der Waals surface area contributed by atoms with E-state index >= 15 is 0 Å². The minimum atomic E-state index is -0.0345. The first-order valence-electron chi connectivity index (χ1n) is 8.19. The van der Waals surface area contributed by atoms with Gasteiger partial charge in [0.25, 0.3) is 0 Å². The number of aromatic nitrogens is 1. The van der Waals surface area contributed by atoms with E-state index in [9.17, 15) is 9.59 Å². The molecule has 2 aromatic rings. The lowest BCUT2D eigenvalue weighted by molar-refractivity contribution is -0.121. The monoisotopic (exact) mass is 343 g/mol. The smallest absolute Gasteiger partial charge is 0.229 e. The number of fused-ring (bicyclic) bond motifs is 1. The number of carbonyl (C=O) groups excluding carboxylic acids is 2. The van der Waals surface area contributed by atoms with Crippen LogP contribution >= 0.6 is 11.3 Å². The van der Waals surface area contributed by atoms with Gasteiger partial charge >= 0.3 is 0 Å². The Hall–Kier alpha value is -2.21. The van der Waals surface area contributed by atoms with Gasteiger partial charge in [-0.3, -0.25) is 9.59 Å². The fraction of sp³-hybridized carbons (Fsp3) is 0.389. The molecule has 0 bridgehead atoms. The van der Waals surface area contributed by atoms with Crippen molar-refractivity contribution in [1.82, 2.24) is 4.98 Å². The molecule has 5 nitrogen and oxygen atoms in total. The topological polar surface area (TPSA) is 62.3 Å². The van der Waals surface area contributed by atoms with Crippen LogP contribution < -0.4 is 10.2 Å². The summed E-state index contributed by atoms with van der Waals surface area (Å²) in [6, 6.07) is 6.09. The average molecular weight is 343 g/mol. The lowest BCUT2D eigenvalue weighted by Crippen LogP contribution is -2.32. The SMILES string of the molecule is CCC(=O)Nc1nc(-c2ccc3c(c2)CCN3C(=O)C(C)C)cs1. The first kappa shape index (κ1) is 16.6. The number of hydrogen-bond acceptors (Lipinski definition) is 4. The van der Waals surface area contributed by atoms with Crippen LogP contribution in [0.5, 0.6) is 0 Å². The maximum atomic E-state index is 12.3. The van der Waals surface area contributed by atoms with Gasteiger partial charge in [0.15, 0.2) is 5.13 Å². The van der Waals surface area contributed by atoms with Gasteiger partial charge in [0.05, 0.1) is 5.69 Å². The summed E-state index contributed by atoms with van der Waals surface area (Å²) in [5.41, 5.74) is 4.05. The van der Waals surface area contributed by atoms with E-state index in [1.165, 1.54) is 16.9 Å². The Morgan fingerprint density at radius 1 is 1.38 bits per heavy atom. The molecule has 0 spiro atoms. The molecule has 1 N–H and O–H groups in total. The maximum Gasteiger partial charge on any atom is 0.229 e. The number of benzene rings is 1. The predicted octanol–water partition coefficient (Wildman–Crippen LogP) is 3.70. The highest BCUT2D eigenvalue weighted by Crippen LogP contribution is 2.34. The standard InChI is InChI=1S/C18H21N3O2S/c1-4-16(22)20-18-19-14(10-24-18)12-5-6-15-13(9-12)7-8-21(15)17(23)11(2)3/h5-6,9-11H,4,7-8H2,1-3H3,(H,19,20,22). The van der Waals surface area contributed by atoms with Gasteiger partial charge in [-0.05, 0) is 24.1 Å². The van der Waals surface area contributed by atoms with Crippen molar-refractivity contribution in [2.45, 2.75) is 33.6 Å². The Balaban J connectivity index is 1.83. The number of amides is 2. The second kappa shape index (κ2) is 6.73. The normalized spacial score (nSPS) is 13.2. The second-order valence-corrected chi connectivity index (χ2v) is 7.04. The Labute approximate surface area is 145 Å². The van der Waals surface area contributed by atoms with E-state index < -0.39 is 0 Å². The van der Waals surface area contributed by atoms with Crippen LogP contribution in [0.4, 0.5) is 10.8 Å². The zero-order valence-corrected chi connectivity index (χ0v) is 14.9. The van der Waals surface area contributed by atoms with E-state index in [1.807, 2.05) is 43.2 Å². The maximum absolute atomic E-state index is 12.3. The highest BCUT2D eigenvalue weighted by Gasteiger charge is 2.26. The molecule has 0 saturated heterocycles. The molecule has 0 aliphatic carbocycles. The van der Waals surface area contributed by atoms with Crippen molar-refractivity contribution in [2.75, 3.05) is 16.8 Å². The van der Waals surface area contributed by atoms with Gasteiger partial charge in [-0.1, -0.05) is 26.8 Å². The molecular formula is C18H21N3O2S. The van der Waals surface area contributed by atoms with Crippen molar-refractivity contribution in [3.63, 3.8) is 0 Å². The van der Waals surface area contributed by atoms with Gasteiger partial charge < -0.3 is 10.2 Å². The highest BCUT2D eigenvalue weighted by atomic mass is 32.1. The minimum absolute atomic E-state index is 0.00102. The fourth-order valence-electron chi connectivity index (χ4n) is 2.77. The van der Waals surface area contributed by atoms with E-state index in [0.717, 1.165) is 29.9 Å². The molecule has 126 valence electrons. The molecule has 6 heteroatoms. The van der Waals surface area contributed by atoms with Crippen molar-refractivity contribution in [1.29, 1.82) is 0 Å². The molecule has 1 aliphatic heterocycles. The molecule has 24 heavy (non-hydrogen) atoms. The minimum Gasteiger partial charge on any atom is -0.312 e. The summed E-state index contributed by atoms with van der Waals surface area (Å²) in [4.78, 5) is 30.1. The summed E-state index contributed by atoms with van der Waals surface area (Å²) in [6.07, 6.45) is 1.30. The van der Waals surface area contributed by atoms with Gasteiger partial charge in [0.1, 0.15) is 0 Å². The number of thiazole rings is 1. The Morgan fingerprint density at radius 3 is 2.88 bits per heavy atom. The number of anilines is 2. The molecule has 0 radical (unpaired) electrons. The molecule has 3 rings (SSSR count). The summed E-state index contributed by atoms with van der Waals surface area (Å²) < 4.78 is 0. The van der Waals surface area contributed by atoms with Crippen molar-refractivity contribution in [3.05, 3.63) is 29.1 Å². The van der Waals surface area contributed by atoms with Crippen LogP contribution in [-0.4, -0.2) is 23.3 Å². The van der Waals surface area contributed by atoms with Crippen LogP contribution in [0.1, 0.15) is 32.8 Å². The lowest BCUT2D eigenvalue weighted by atomic mass is 10.1. The largest absolute Gasteiger partial charge is 0.312 e. The lowest BCUT2D eigenvalue weighted by Gasteiger charge is -2.19. The zero-order valence-electron chi connectivity index (χ0n) is 14.1. The van der Waals surface area contributed by atoms with Crippen molar-refractivity contribution >= 4 is 34.0 Å². The molecule has 0 atom stereocenters. The molecule has 2 heterocycles. The summed E-state index contributed by atoms with van der Waals surface area (Å²) in [5, 5.41) is 5.35. The third-order valence-electron chi connectivity index (χ3n) is 4.10. The van der Waals surface area contributed by atoms with Crippen molar-refractivity contribution in [3.8, 4) is 11.3 Å². The first-order chi connectivity index (χ1) is 11.5. The molecular weight excluding hydrogens is 322 g/mol. The predicted molar refractivity (Wildman–Crippen MR) is 97.4 cm³/mol. The second-order valence-electron chi connectivity index (χ2n) is 6.18. The van der Waals surface area contributed by atoms with E-state index in [4.69, 9.17) is 0 Å². The van der Waals surface area contributed by atoms with Crippen molar-refractivity contribution < 1.29 is 9.59 Å². The van der Waals surface area contributed by atoms with E-state index in [1.54, 1.807) is 0 Å². The van der Waals surface area contributed by atoms with Gasteiger partial charge in [0, 0.05) is 35.5 Å². The molecule has 1 aliphatic rings. The van der Waals surface area contributed by atoms with Gasteiger partial charge in [-0.25, -0.2) is 4.98 Å². The average Bonchev–Trinajstić information content (AvgIpc) is 3.19. The first-order valence-corrected chi connectivity index (χ1v) is 9.07. The number of rotatable bonds is 4. The van der Waals surface area contributed by atoms with E-state index in [2.05, 4.69) is 16.4 Å². The van der Waals surface area contributed by atoms with Gasteiger partial charge in [-0.15, -0.1) is 11.3 Å². The van der Waals surface area contributed by atoms with Crippen LogP contribution in [0.3, 0.4) is 0 Å². The van der Waals surface area contributed by atoms with Crippen LogP contribution in [0.2, 0.25) is 0 Å². The fourth-order valence-corrected chi connectivity index (χ4v) is 3.51. The molecule has 0 fully saturated rings. The van der Waals surface area contributed by atoms with Crippen molar-refractivity contribution in [2.24, 2.45) is 5.92 Å². The van der Waals surface area contributed by atoms with Gasteiger partial charge in [0.2, 0.25) is 11.8 Å². The number of carbonyl (C=O) groups is 2. The zero-order chi connectivity index (χ0) is 17.3. The third kappa shape index (κ3) is 3.19. The van der Waals surface area contributed by atoms with E-state index in [0.29, 0.717) is 11.6 Å². The van der Waals surface area contributed by atoms with Crippen LogP contribution in [0.15, 0.2) is 23.6 Å². The Morgan fingerprint density at radius 2 is 2.17 bits per heavy atom. The van der Waals surface area contributed by atoms with Crippen LogP contribution in [-0.2, 0) is 16.0 Å². The Kier molecular flexibility index (Phi) is 4.66. The molecule has 0 unspecified atom stereocenters. The Bertz CT molecular complexity index is 782. The molecule has 1 aromatic heterocycles. The summed E-state index contributed by atoms with van der Waals surface area (Å²) in [6.45, 7) is 6.41. The number of nitrogens with zero attached hydrogens (tertiary/aromatic N) is 2. The third-order valence-corrected chi connectivity index (χ3v) is 4.86. The summed E-state index contributed by atoms with van der Waals surface area (Å²) in [5.74, 6) is 0.131. The molecule has 1 aromatic carbocycles. The number of hydrogen-bond donors (Lipinski definition) is 1. The number of nitrogens with one attached hydrogen (secondary N) is 1. The quantitative estimate of drug-likeness (QED) is 0.920. The van der Waals surface area contributed by atoms with Crippen LogP contribution in [0.25, 0.3) is 11.3 Å². The van der Waals surface area contributed by atoms with E-state index in [-0.39, 0.29) is 17.7 Å². The summed E-state index contributed by atoms with van der Waals surface area (Å²) in [7, 11) is 0. The highest BCUT2D eigenvalue weighted by molar-refractivity contribution is 7.14. The molecule has 0 saturated carbocycles. The molecule has 2 amide bonds. The van der Waals surface area contributed by atoms with Crippen LogP contribution in [0, 0.1) is 5.92 Å².